The average molecular weight is 341 g/mol. The predicted molar refractivity (Wildman–Crippen MR) is 87.2 cm³/mol. The van der Waals surface area contributed by atoms with Crippen LogP contribution in [0.2, 0.25) is 0 Å². The number of fused-ring (bicyclic) bond motifs is 1. The van der Waals surface area contributed by atoms with E-state index in [1.807, 2.05) is 6.92 Å². The van der Waals surface area contributed by atoms with E-state index in [4.69, 9.17) is 4.74 Å². The van der Waals surface area contributed by atoms with Crippen LogP contribution in [0.25, 0.3) is 0 Å². The fourth-order valence-corrected chi connectivity index (χ4v) is 4.39. The Bertz CT molecular complexity index is 720. The van der Waals surface area contributed by atoms with Crippen molar-refractivity contribution in [2.75, 3.05) is 6.61 Å². The number of hydrogen-bond donors (Lipinski definition) is 0. The second-order valence-corrected chi connectivity index (χ2v) is 10.2. The van der Waals surface area contributed by atoms with Crippen LogP contribution in [0.5, 0.6) is 5.75 Å². The molecule has 0 aromatic heterocycles. The first kappa shape index (κ1) is 16.7. The van der Waals surface area contributed by atoms with Crippen LogP contribution in [0.1, 0.15) is 57.7 Å². The van der Waals surface area contributed by atoms with Crippen molar-refractivity contribution in [1.29, 1.82) is 0 Å². The highest BCUT2D eigenvalue weighted by Gasteiger charge is 2.42. The van der Waals surface area contributed by atoms with Gasteiger partial charge in [-0.05, 0) is 69.7 Å². The number of halogens is 1. The fraction of sp³-hybridized carbons (Fsp3) is 0.647. The lowest BCUT2D eigenvalue weighted by Gasteiger charge is -2.29. The molecule has 128 valence electrons. The molecule has 23 heavy (non-hydrogen) atoms. The Balaban J connectivity index is 1.88. The molecule has 0 radical (unpaired) electrons. The van der Waals surface area contributed by atoms with Gasteiger partial charge in [-0.1, -0.05) is 0 Å². The minimum absolute atomic E-state index is 0.218. The molecule has 1 aliphatic heterocycles. The van der Waals surface area contributed by atoms with Crippen molar-refractivity contribution in [3.63, 3.8) is 0 Å². The first-order valence-corrected chi connectivity index (χ1v) is 9.52. The molecule has 1 atom stereocenters. The monoisotopic (exact) mass is 341 g/mol. The highest BCUT2D eigenvalue weighted by molar-refractivity contribution is 7.90. The van der Waals surface area contributed by atoms with Crippen LogP contribution < -0.4 is 4.74 Å². The smallest absolute Gasteiger partial charge is 0.219 e. The molecule has 2 aliphatic rings. The Morgan fingerprint density at radius 1 is 1.30 bits per heavy atom. The van der Waals surface area contributed by atoms with Gasteiger partial charge in [-0.3, -0.25) is 0 Å². The molecular formula is C17H24FNO3S. The third kappa shape index (κ3) is 2.98. The molecule has 4 nitrogen and oxygen atoms in total. The van der Waals surface area contributed by atoms with Crippen LogP contribution in [-0.4, -0.2) is 24.1 Å². The Morgan fingerprint density at radius 2 is 1.96 bits per heavy atom. The van der Waals surface area contributed by atoms with E-state index >= 15 is 0 Å². The number of rotatable bonds is 4. The summed E-state index contributed by atoms with van der Waals surface area (Å²) in [5.74, 6) is 0.363. The summed E-state index contributed by atoms with van der Waals surface area (Å²) >= 11 is 0. The van der Waals surface area contributed by atoms with E-state index < -0.39 is 20.6 Å². The summed E-state index contributed by atoms with van der Waals surface area (Å²) in [6.07, 6.45) is 2.28. The van der Waals surface area contributed by atoms with Crippen molar-refractivity contribution >= 4 is 10.0 Å². The van der Waals surface area contributed by atoms with Gasteiger partial charge in [-0.25, -0.2) is 12.8 Å². The second-order valence-electron chi connectivity index (χ2n) is 7.57. The Kier molecular flexibility index (Phi) is 3.96. The molecule has 1 saturated carbocycles. The van der Waals surface area contributed by atoms with Crippen LogP contribution in [0.4, 0.5) is 4.39 Å². The Morgan fingerprint density at radius 3 is 2.52 bits per heavy atom. The molecule has 6 heteroatoms. The Hall–Kier alpha value is -1.14. The van der Waals surface area contributed by atoms with Crippen LogP contribution in [0, 0.1) is 11.7 Å². The molecule has 0 N–H and O–H groups in total. The summed E-state index contributed by atoms with van der Waals surface area (Å²) in [6.45, 7) is 7.65. The van der Waals surface area contributed by atoms with E-state index in [-0.39, 0.29) is 18.3 Å². The van der Waals surface area contributed by atoms with Crippen molar-refractivity contribution in [1.82, 2.24) is 4.31 Å². The average Bonchev–Trinajstić information content (AvgIpc) is 3.20. The maximum atomic E-state index is 14.2. The van der Waals surface area contributed by atoms with Crippen LogP contribution in [-0.2, 0) is 16.6 Å². The summed E-state index contributed by atoms with van der Waals surface area (Å²) in [5, 5.41) is 0. The lowest BCUT2D eigenvalue weighted by molar-refractivity contribution is 0.284. The molecule has 1 heterocycles. The highest BCUT2D eigenvalue weighted by Crippen LogP contribution is 2.41. The molecular weight excluding hydrogens is 317 g/mol. The lowest BCUT2D eigenvalue weighted by Crippen LogP contribution is -2.41. The van der Waals surface area contributed by atoms with Gasteiger partial charge in [0.05, 0.1) is 11.4 Å². The van der Waals surface area contributed by atoms with Gasteiger partial charge in [0.1, 0.15) is 0 Å². The Labute approximate surface area is 137 Å². The lowest BCUT2D eigenvalue weighted by atomic mass is 10.1. The van der Waals surface area contributed by atoms with Gasteiger partial charge in [0, 0.05) is 12.6 Å². The number of benzene rings is 1. The van der Waals surface area contributed by atoms with Gasteiger partial charge in [-0.15, -0.1) is 0 Å². The van der Waals surface area contributed by atoms with Gasteiger partial charge in [0.15, 0.2) is 11.6 Å². The maximum Gasteiger partial charge on any atom is 0.219 e. The molecule has 1 aliphatic carbocycles. The van der Waals surface area contributed by atoms with Crippen LogP contribution >= 0.6 is 0 Å². The molecule has 0 unspecified atom stereocenters. The van der Waals surface area contributed by atoms with Crippen LogP contribution in [0.3, 0.4) is 0 Å². The summed E-state index contributed by atoms with van der Waals surface area (Å²) in [4.78, 5) is 0. The highest BCUT2D eigenvalue weighted by atomic mass is 32.2. The maximum absolute atomic E-state index is 14.2. The van der Waals surface area contributed by atoms with Crippen LogP contribution in [0.15, 0.2) is 12.1 Å². The van der Waals surface area contributed by atoms with Crippen molar-refractivity contribution in [3.8, 4) is 5.75 Å². The third-order valence-electron chi connectivity index (χ3n) is 4.66. The molecule has 1 aromatic carbocycles. The molecule has 1 fully saturated rings. The minimum atomic E-state index is -3.46. The van der Waals surface area contributed by atoms with Gasteiger partial charge >= 0.3 is 0 Å². The van der Waals surface area contributed by atoms with E-state index in [1.54, 1.807) is 26.8 Å². The first-order chi connectivity index (χ1) is 10.6. The quantitative estimate of drug-likeness (QED) is 0.840. The largest absolute Gasteiger partial charge is 0.490 e. The number of hydrogen-bond acceptors (Lipinski definition) is 3. The van der Waals surface area contributed by atoms with Gasteiger partial charge in [0.2, 0.25) is 10.0 Å². The molecule has 1 aromatic rings. The van der Waals surface area contributed by atoms with E-state index in [1.165, 1.54) is 10.4 Å². The molecule has 0 amide bonds. The van der Waals surface area contributed by atoms with Crippen molar-refractivity contribution in [2.45, 2.75) is 57.9 Å². The minimum Gasteiger partial charge on any atom is -0.490 e. The summed E-state index contributed by atoms with van der Waals surface area (Å²) in [6, 6.07) is 2.79. The van der Waals surface area contributed by atoms with Gasteiger partial charge in [-0.2, -0.15) is 4.31 Å². The number of ether oxygens (including phenoxy) is 1. The summed E-state index contributed by atoms with van der Waals surface area (Å²) in [5.41, 5.74) is 1.56. The zero-order valence-corrected chi connectivity index (χ0v) is 14.9. The fourth-order valence-electron chi connectivity index (χ4n) is 2.84. The SMILES string of the molecule is C[C@@H]1c2cc(OCC3CC3)c(F)cc2CN1S(=O)(=O)C(C)(C)C. The first-order valence-electron chi connectivity index (χ1n) is 8.08. The molecule has 0 saturated heterocycles. The van der Waals surface area contributed by atoms with Gasteiger partial charge in [0.25, 0.3) is 0 Å². The summed E-state index contributed by atoms with van der Waals surface area (Å²) < 4.78 is 45.8. The second kappa shape index (κ2) is 5.45. The van der Waals surface area contributed by atoms with E-state index in [2.05, 4.69) is 0 Å². The van der Waals surface area contributed by atoms with Crippen molar-refractivity contribution < 1.29 is 17.5 Å². The van der Waals surface area contributed by atoms with E-state index in [0.29, 0.717) is 12.5 Å². The predicted octanol–water partition coefficient (Wildman–Crippen LogP) is 3.62. The van der Waals surface area contributed by atoms with E-state index in [0.717, 1.165) is 24.0 Å². The molecule has 0 bridgehead atoms. The summed E-state index contributed by atoms with van der Waals surface area (Å²) in [7, 11) is -3.46. The van der Waals surface area contributed by atoms with Crippen molar-refractivity contribution in [2.24, 2.45) is 5.92 Å². The number of sulfonamides is 1. The van der Waals surface area contributed by atoms with Crippen molar-refractivity contribution in [3.05, 3.63) is 29.1 Å². The normalized spacial score (nSPS) is 22.2. The number of nitrogens with zero attached hydrogens (tertiary/aromatic N) is 1. The zero-order chi connectivity index (χ0) is 17.0. The standard InChI is InChI=1S/C17H24FNO3S/c1-11-14-8-16(22-10-12-5-6-12)15(18)7-13(14)9-19(11)23(20,21)17(2,3)4/h7-8,11-12H,5-6,9-10H2,1-4H3/t11-/m1/s1. The topological polar surface area (TPSA) is 46.6 Å². The molecule has 3 rings (SSSR count). The van der Waals surface area contributed by atoms with Gasteiger partial charge < -0.3 is 4.74 Å². The zero-order valence-electron chi connectivity index (χ0n) is 14.1. The molecule has 0 spiro atoms. The third-order valence-corrected chi connectivity index (χ3v) is 7.27. The van der Waals surface area contributed by atoms with E-state index in [9.17, 15) is 12.8 Å².